The lowest BCUT2D eigenvalue weighted by Gasteiger charge is -2.26. The molecule has 2 aliphatic rings. The SMILES string of the molecule is CC1(C)c2cc3c(cc2-c2ccc4ccccc4c21)c1ccccc1n3C1CC=c2nc(-c3ccccc3)n3c(=O)c4ccccc4c1c23. The highest BCUT2D eigenvalue weighted by Gasteiger charge is 2.38. The summed E-state index contributed by atoms with van der Waals surface area (Å²) in [5.41, 5.74) is 10.7. The van der Waals surface area contributed by atoms with Crippen molar-refractivity contribution in [1.82, 2.24) is 14.0 Å². The summed E-state index contributed by atoms with van der Waals surface area (Å²) >= 11 is 0. The van der Waals surface area contributed by atoms with E-state index >= 15 is 0 Å². The van der Waals surface area contributed by atoms with Gasteiger partial charge in [0.2, 0.25) is 0 Å². The van der Waals surface area contributed by atoms with Gasteiger partial charge < -0.3 is 4.57 Å². The highest BCUT2D eigenvalue weighted by Crippen LogP contribution is 2.53. The topological polar surface area (TPSA) is 39.3 Å². The van der Waals surface area contributed by atoms with E-state index in [1.54, 1.807) is 0 Å². The van der Waals surface area contributed by atoms with Crippen LogP contribution in [0.25, 0.3) is 77.5 Å². The molecule has 0 aliphatic heterocycles. The number of imidazole rings is 1. The number of benzene rings is 6. The third-order valence-electron chi connectivity index (χ3n) is 11.4. The molecular formula is C45H31N3O. The van der Waals surface area contributed by atoms with Crippen LogP contribution in [0, 0.1) is 0 Å². The van der Waals surface area contributed by atoms with E-state index in [-0.39, 0.29) is 17.0 Å². The summed E-state index contributed by atoms with van der Waals surface area (Å²) in [7, 11) is 0. The summed E-state index contributed by atoms with van der Waals surface area (Å²) < 4.78 is 4.43. The van der Waals surface area contributed by atoms with Gasteiger partial charge in [-0.2, -0.15) is 0 Å². The van der Waals surface area contributed by atoms with Crippen molar-refractivity contribution in [3.05, 3.63) is 160 Å². The van der Waals surface area contributed by atoms with Gasteiger partial charge in [-0.1, -0.05) is 123 Å². The van der Waals surface area contributed by atoms with Crippen LogP contribution in [-0.4, -0.2) is 14.0 Å². The average molecular weight is 630 g/mol. The molecule has 2 aliphatic carbocycles. The van der Waals surface area contributed by atoms with Gasteiger partial charge in [-0.25, -0.2) is 4.98 Å². The second kappa shape index (κ2) is 9.33. The Bertz CT molecular complexity index is 3020. The zero-order valence-corrected chi connectivity index (χ0v) is 27.2. The van der Waals surface area contributed by atoms with Crippen molar-refractivity contribution < 1.29 is 0 Å². The van der Waals surface area contributed by atoms with Crippen LogP contribution < -0.4 is 10.9 Å². The molecule has 11 rings (SSSR count). The summed E-state index contributed by atoms with van der Waals surface area (Å²) in [6.07, 6.45) is 3.02. The lowest BCUT2D eigenvalue weighted by molar-refractivity contribution is 0.642. The number of hydrogen-bond donors (Lipinski definition) is 0. The molecular weight excluding hydrogens is 599 g/mol. The Morgan fingerprint density at radius 1 is 0.673 bits per heavy atom. The van der Waals surface area contributed by atoms with E-state index in [0.29, 0.717) is 5.82 Å². The minimum Gasteiger partial charge on any atom is -0.332 e. The molecule has 0 radical (unpaired) electrons. The first kappa shape index (κ1) is 27.0. The van der Waals surface area contributed by atoms with Gasteiger partial charge in [0.1, 0.15) is 5.82 Å². The van der Waals surface area contributed by atoms with E-state index in [2.05, 4.69) is 109 Å². The molecule has 1 atom stereocenters. The predicted octanol–water partition coefficient (Wildman–Crippen LogP) is 9.57. The number of para-hydroxylation sites is 1. The second-order valence-corrected chi connectivity index (χ2v) is 14.2. The lowest BCUT2D eigenvalue weighted by Crippen LogP contribution is -2.24. The third kappa shape index (κ3) is 3.38. The summed E-state index contributed by atoms with van der Waals surface area (Å²) in [5, 5.41) is 7.73. The summed E-state index contributed by atoms with van der Waals surface area (Å²) in [6.45, 7) is 4.76. The van der Waals surface area contributed by atoms with E-state index in [9.17, 15) is 4.79 Å². The normalized spacial score (nSPS) is 16.1. The van der Waals surface area contributed by atoms with Crippen LogP contribution in [-0.2, 0) is 5.41 Å². The van der Waals surface area contributed by atoms with Gasteiger partial charge in [-0.15, -0.1) is 0 Å². The molecule has 6 aromatic carbocycles. The number of rotatable bonds is 2. The minimum absolute atomic E-state index is 0.0206. The molecule has 4 heteroatoms. The second-order valence-electron chi connectivity index (χ2n) is 14.2. The van der Waals surface area contributed by atoms with Crippen LogP contribution in [0.3, 0.4) is 0 Å². The fraction of sp³-hybridized carbons (Fsp3) is 0.111. The molecule has 0 N–H and O–H groups in total. The van der Waals surface area contributed by atoms with Crippen molar-refractivity contribution in [3.8, 4) is 22.5 Å². The molecule has 0 fully saturated rings. The van der Waals surface area contributed by atoms with Crippen LogP contribution >= 0.6 is 0 Å². The van der Waals surface area contributed by atoms with Crippen molar-refractivity contribution in [1.29, 1.82) is 0 Å². The molecule has 0 bridgehead atoms. The zero-order chi connectivity index (χ0) is 32.6. The van der Waals surface area contributed by atoms with Crippen molar-refractivity contribution in [2.24, 2.45) is 0 Å². The maximum absolute atomic E-state index is 14.3. The smallest absolute Gasteiger partial charge is 0.264 e. The maximum atomic E-state index is 14.3. The van der Waals surface area contributed by atoms with Crippen LogP contribution in [0.15, 0.2) is 132 Å². The standard InChI is InChI=1S/C45H31N3O/c1-45(2)35-25-39-34(24-33(35)31-21-20-26-12-6-7-15-28(26)41(31)45)29-16-10-11-19-37(29)47(39)38-23-22-36-42-40(38)30-17-8-9-18-32(30)44(49)48(42)43(46-36)27-13-4-3-5-14-27/h3-22,24-25,38H,23H2,1-2H3. The van der Waals surface area contributed by atoms with Crippen LogP contribution in [0.4, 0.5) is 0 Å². The van der Waals surface area contributed by atoms with Gasteiger partial charge >= 0.3 is 0 Å². The highest BCUT2D eigenvalue weighted by molar-refractivity contribution is 6.12. The quantitative estimate of drug-likeness (QED) is 0.191. The molecule has 9 aromatic rings. The molecule has 0 amide bonds. The Balaban J connectivity index is 1.24. The molecule has 232 valence electrons. The number of fused-ring (bicyclic) bond motifs is 10. The highest BCUT2D eigenvalue weighted by atomic mass is 16.1. The Hall–Kier alpha value is -6.00. The average Bonchev–Trinajstić information content (AvgIpc) is 3.76. The molecule has 4 nitrogen and oxygen atoms in total. The third-order valence-corrected chi connectivity index (χ3v) is 11.4. The Morgan fingerprint density at radius 3 is 2.22 bits per heavy atom. The van der Waals surface area contributed by atoms with Gasteiger partial charge in [-0.3, -0.25) is 9.20 Å². The van der Waals surface area contributed by atoms with Gasteiger partial charge in [0.25, 0.3) is 5.56 Å². The van der Waals surface area contributed by atoms with Crippen molar-refractivity contribution in [2.75, 3.05) is 0 Å². The van der Waals surface area contributed by atoms with Crippen molar-refractivity contribution >= 4 is 54.9 Å². The molecule has 0 saturated carbocycles. The minimum atomic E-state index is -0.174. The van der Waals surface area contributed by atoms with Crippen LogP contribution in [0.2, 0.25) is 0 Å². The Labute approximate surface area is 282 Å². The van der Waals surface area contributed by atoms with E-state index in [4.69, 9.17) is 4.98 Å². The van der Waals surface area contributed by atoms with E-state index in [1.165, 1.54) is 60.4 Å². The van der Waals surface area contributed by atoms with Gasteiger partial charge in [0.05, 0.1) is 22.4 Å². The monoisotopic (exact) mass is 629 g/mol. The predicted molar refractivity (Wildman–Crippen MR) is 201 cm³/mol. The van der Waals surface area contributed by atoms with E-state index < -0.39 is 0 Å². The first-order valence-electron chi connectivity index (χ1n) is 17.1. The van der Waals surface area contributed by atoms with Gasteiger partial charge in [0.15, 0.2) is 0 Å². The molecule has 3 heterocycles. The number of hydrogen-bond acceptors (Lipinski definition) is 2. The lowest BCUT2D eigenvalue weighted by atomic mass is 9.80. The van der Waals surface area contributed by atoms with Crippen LogP contribution in [0.5, 0.6) is 0 Å². The van der Waals surface area contributed by atoms with E-state index in [0.717, 1.165) is 33.6 Å². The summed E-state index contributed by atoms with van der Waals surface area (Å²) in [5.74, 6) is 0.700. The van der Waals surface area contributed by atoms with E-state index in [1.807, 2.05) is 46.9 Å². The molecule has 49 heavy (non-hydrogen) atoms. The molecule has 0 spiro atoms. The van der Waals surface area contributed by atoms with Crippen molar-refractivity contribution in [2.45, 2.75) is 31.7 Å². The number of aromatic nitrogens is 3. The fourth-order valence-electron chi connectivity index (χ4n) is 9.31. The summed E-state index contributed by atoms with van der Waals surface area (Å²) in [6, 6.07) is 45.3. The van der Waals surface area contributed by atoms with Crippen molar-refractivity contribution in [3.63, 3.8) is 0 Å². The Kier molecular flexibility index (Phi) is 5.14. The summed E-state index contributed by atoms with van der Waals surface area (Å²) in [4.78, 5) is 19.4. The molecule has 0 saturated heterocycles. The van der Waals surface area contributed by atoms with Gasteiger partial charge in [0, 0.05) is 38.2 Å². The molecule has 3 aromatic heterocycles. The number of pyridine rings is 1. The first-order valence-corrected chi connectivity index (χ1v) is 17.1. The Morgan fingerprint density at radius 2 is 1.39 bits per heavy atom. The van der Waals surface area contributed by atoms with Gasteiger partial charge in [-0.05, 0) is 69.1 Å². The largest absolute Gasteiger partial charge is 0.332 e. The van der Waals surface area contributed by atoms with Crippen LogP contribution in [0.1, 0.15) is 43.0 Å². The first-order chi connectivity index (χ1) is 24.0. The number of nitrogens with zero attached hydrogens (tertiary/aromatic N) is 3. The zero-order valence-electron chi connectivity index (χ0n) is 27.2. The maximum Gasteiger partial charge on any atom is 0.264 e. The fourth-order valence-corrected chi connectivity index (χ4v) is 9.31. The molecule has 1 unspecified atom stereocenters.